The second-order valence-electron chi connectivity index (χ2n) is 4.75. The molecule has 1 aromatic carbocycles. The molecule has 0 radical (unpaired) electrons. The lowest BCUT2D eigenvalue weighted by Gasteiger charge is -2.14. The molecule has 0 atom stereocenters. The van der Waals surface area contributed by atoms with Gasteiger partial charge in [-0.1, -0.05) is 11.6 Å². The lowest BCUT2D eigenvalue weighted by Crippen LogP contribution is -2.06. The number of methoxy groups -OCH3 is 2. The molecular weight excluding hydrogens is 288 g/mol. The zero-order valence-electron chi connectivity index (χ0n) is 12.7. The third-order valence-electron chi connectivity index (χ3n) is 3.37. The smallest absolute Gasteiger partial charge is 0.128 e. The maximum atomic E-state index is 6.18. The van der Waals surface area contributed by atoms with Crippen molar-refractivity contribution in [3.05, 3.63) is 46.2 Å². The third kappa shape index (κ3) is 3.39. The van der Waals surface area contributed by atoms with E-state index in [0.29, 0.717) is 11.6 Å². The van der Waals surface area contributed by atoms with Gasteiger partial charge in [-0.3, -0.25) is 4.98 Å². The molecule has 1 aromatic heterocycles. The summed E-state index contributed by atoms with van der Waals surface area (Å²) in [6.45, 7) is 4.55. The van der Waals surface area contributed by atoms with Gasteiger partial charge in [-0.15, -0.1) is 0 Å². The number of anilines is 1. The van der Waals surface area contributed by atoms with Crippen LogP contribution in [0, 0.1) is 13.8 Å². The second-order valence-corrected chi connectivity index (χ2v) is 5.15. The van der Waals surface area contributed by atoms with Crippen molar-refractivity contribution >= 4 is 17.3 Å². The molecule has 4 nitrogen and oxygen atoms in total. The van der Waals surface area contributed by atoms with Gasteiger partial charge in [-0.2, -0.15) is 0 Å². The largest absolute Gasteiger partial charge is 0.497 e. The van der Waals surface area contributed by atoms with Crippen molar-refractivity contribution in [2.24, 2.45) is 0 Å². The molecule has 1 heterocycles. The number of hydrogen-bond donors (Lipinski definition) is 1. The Hall–Kier alpha value is -1.94. The quantitative estimate of drug-likeness (QED) is 0.907. The summed E-state index contributed by atoms with van der Waals surface area (Å²) in [5.41, 5.74) is 3.80. The first-order chi connectivity index (χ1) is 10.1. The van der Waals surface area contributed by atoms with Crippen LogP contribution < -0.4 is 14.8 Å². The van der Waals surface area contributed by atoms with Gasteiger partial charge in [-0.05, 0) is 26.0 Å². The predicted molar refractivity (Wildman–Crippen MR) is 85.6 cm³/mol. The molecule has 5 heteroatoms. The van der Waals surface area contributed by atoms with E-state index >= 15 is 0 Å². The maximum Gasteiger partial charge on any atom is 0.128 e. The van der Waals surface area contributed by atoms with Crippen molar-refractivity contribution in [2.45, 2.75) is 20.4 Å². The molecule has 21 heavy (non-hydrogen) atoms. The summed E-state index contributed by atoms with van der Waals surface area (Å²) in [4.78, 5) is 4.46. The Balaban J connectivity index is 2.21. The molecule has 0 saturated carbocycles. The highest BCUT2D eigenvalue weighted by Gasteiger charge is 2.10. The van der Waals surface area contributed by atoms with Crippen molar-refractivity contribution in [1.29, 1.82) is 0 Å². The summed E-state index contributed by atoms with van der Waals surface area (Å²) in [5, 5.41) is 3.93. The highest BCUT2D eigenvalue weighted by molar-refractivity contribution is 6.33. The normalized spacial score (nSPS) is 10.3. The van der Waals surface area contributed by atoms with Crippen LogP contribution in [-0.2, 0) is 6.54 Å². The summed E-state index contributed by atoms with van der Waals surface area (Å²) in [6.07, 6.45) is 1.82. The lowest BCUT2D eigenvalue weighted by molar-refractivity contribution is 0.407. The van der Waals surface area contributed by atoms with Gasteiger partial charge in [0.15, 0.2) is 0 Å². The van der Waals surface area contributed by atoms with Gasteiger partial charge >= 0.3 is 0 Å². The third-order valence-corrected chi connectivity index (χ3v) is 3.70. The summed E-state index contributed by atoms with van der Waals surface area (Å²) in [5.74, 6) is 1.63. The molecule has 0 bridgehead atoms. The summed E-state index contributed by atoms with van der Waals surface area (Å²) in [7, 11) is 3.30. The topological polar surface area (TPSA) is 43.4 Å². The van der Waals surface area contributed by atoms with Gasteiger partial charge in [0.1, 0.15) is 11.5 Å². The molecular formula is C16H19ClN2O2. The number of halogens is 1. The van der Waals surface area contributed by atoms with Crippen LogP contribution in [0.2, 0.25) is 5.02 Å². The van der Waals surface area contributed by atoms with Crippen LogP contribution in [0.1, 0.15) is 16.8 Å². The van der Waals surface area contributed by atoms with Gasteiger partial charge in [-0.25, -0.2) is 0 Å². The van der Waals surface area contributed by atoms with Gasteiger partial charge in [0.2, 0.25) is 0 Å². The minimum Gasteiger partial charge on any atom is -0.497 e. The predicted octanol–water partition coefficient (Wildman–Crippen LogP) is 3.98. The Morgan fingerprint density at radius 2 is 1.95 bits per heavy atom. The van der Waals surface area contributed by atoms with Crippen molar-refractivity contribution in [3.8, 4) is 11.5 Å². The number of pyridine rings is 1. The minimum atomic E-state index is 0.565. The minimum absolute atomic E-state index is 0.565. The SMILES string of the molecule is COc1ccc(Cl)c(NCc2ncc(C)c(OC)c2C)c1. The van der Waals surface area contributed by atoms with E-state index in [1.54, 1.807) is 20.3 Å². The number of aromatic nitrogens is 1. The van der Waals surface area contributed by atoms with Crippen LogP contribution >= 0.6 is 11.6 Å². The molecule has 2 aromatic rings. The highest BCUT2D eigenvalue weighted by atomic mass is 35.5. The molecule has 0 unspecified atom stereocenters. The van der Waals surface area contributed by atoms with E-state index in [1.165, 1.54) is 0 Å². The molecule has 1 N–H and O–H groups in total. The molecule has 112 valence electrons. The molecule has 0 saturated heterocycles. The summed E-state index contributed by atoms with van der Waals surface area (Å²) in [6, 6.07) is 5.49. The van der Waals surface area contributed by atoms with Crippen molar-refractivity contribution in [2.75, 3.05) is 19.5 Å². The average molecular weight is 307 g/mol. The number of nitrogens with one attached hydrogen (secondary N) is 1. The number of ether oxygens (including phenoxy) is 2. The fourth-order valence-electron chi connectivity index (χ4n) is 2.20. The molecule has 0 aliphatic heterocycles. The van der Waals surface area contributed by atoms with Gasteiger partial charge < -0.3 is 14.8 Å². The van der Waals surface area contributed by atoms with E-state index in [9.17, 15) is 0 Å². The summed E-state index contributed by atoms with van der Waals surface area (Å²) >= 11 is 6.18. The van der Waals surface area contributed by atoms with Gasteiger partial charge in [0, 0.05) is 23.4 Å². The second kappa shape index (κ2) is 6.68. The van der Waals surface area contributed by atoms with E-state index in [1.807, 2.05) is 32.2 Å². The van der Waals surface area contributed by atoms with Gasteiger partial charge in [0.25, 0.3) is 0 Å². The number of rotatable bonds is 5. The Bertz CT molecular complexity index is 644. The van der Waals surface area contributed by atoms with Crippen LogP contribution in [0.25, 0.3) is 0 Å². The van der Waals surface area contributed by atoms with Gasteiger partial charge in [0.05, 0.1) is 37.2 Å². The van der Waals surface area contributed by atoms with Crippen LogP contribution in [0.3, 0.4) is 0 Å². The molecule has 2 rings (SSSR count). The average Bonchev–Trinajstić information content (AvgIpc) is 2.48. The zero-order chi connectivity index (χ0) is 15.4. The van der Waals surface area contributed by atoms with E-state index in [2.05, 4.69) is 10.3 Å². The molecule has 0 spiro atoms. The molecule has 0 amide bonds. The van der Waals surface area contributed by atoms with E-state index < -0.39 is 0 Å². The Morgan fingerprint density at radius 3 is 2.62 bits per heavy atom. The maximum absolute atomic E-state index is 6.18. The first-order valence-electron chi connectivity index (χ1n) is 6.63. The fourth-order valence-corrected chi connectivity index (χ4v) is 2.38. The van der Waals surface area contributed by atoms with E-state index in [0.717, 1.165) is 34.0 Å². The van der Waals surface area contributed by atoms with Crippen LogP contribution in [0.15, 0.2) is 24.4 Å². The Labute approximate surface area is 130 Å². The number of nitrogens with zero attached hydrogens (tertiary/aromatic N) is 1. The highest BCUT2D eigenvalue weighted by Crippen LogP contribution is 2.28. The molecule has 0 aliphatic rings. The number of aryl methyl sites for hydroxylation is 1. The first-order valence-corrected chi connectivity index (χ1v) is 7.01. The van der Waals surface area contributed by atoms with Crippen LogP contribution in [-0.4, -0.2) is 19.2 Å². The Morgan fingerprint density at radius 1 is 1.19 bits per heavy atom. The standard InChI is InChI=1S/C16H19ClN2O2/c1-10-8-18-15(11(2)16(10)21-4)9-19-14-7-12(20-3)5-6-13(14)17/h5-8,19H,9H2,1-4H3. The summed E-state index contributed by atoms with van der Waals surface area (Å²) < 4.78 is 10.6. The van der Waals surface area contributed by atoms with Crippen molar-refractivity contribution in [3.63, 3.8) is 0 Å². The van der Waals surface area contributed by atoms with Crippen LogP contribution in [0.5, 0.6) is 11.5 Å². The number of benzene rings is 1. The zero-order valence-corrected chi connectivity index (χ0v) is 13.4. The monoisotopic (exact) mass is 306 g/mol. The lowest BCUT2D eigenvalue weighted by atomic mass is 10.1. The van der Waals surface area contributed by atoms with Crippen molar-refractivity contribution in [1.82, 2.24) is 4.98 Å². The van der Waals surface area contributed by atoms with E-state index in [4.69, 9.17) is 21.1 Å². The van der Waals surface area contributed by atoms with Crippen LogP contribution in [0.4, 0.5) is 5.69 Å². The van der Waals surface area contributed by atoms with E-state index in [-0.39, 0.29) is 0 Å². The number of hydrogen-bond acceptors (Lipinski definition) is 4. The first kappa shape index (κ1) is 15.4. The molecule has 0 fully saturated rings. The fraction of sp³-hybridized carbons (Fsp3) is 0.312. The Kier molecular flexibility index (Phi) is 4.91. The van der Waals surface area contributed by atoms with Crippen molar-refractivity contribution < 1.29 is 9.47 Å². The molecule has 0 aliphatic carbocycles.